The Morgan fingerprint density at radius 1 is 1.06 bits per heavy atom. The molecule has 1 amide bonds. The zero-order valence-corrected chi connectivity index (χ0v) is 18.3. The maximum absolute atomic E-state index is 12.4. The molecule has 0 atom stereocenters. The van der Waals surface area contributed by atoms with Gasteiger partial charge in [0.15, 0.2) is 6.61 Å². The molecule has 168 valence electrons. The van der Waals surface area contributed by atoms with Gasteiger partial charge in [-0.3, -0.25) is 4.79 Å². The van der Waals surface area contributed by atoms with E-state index in [1.54, 1.807) is 37.4 Å². The van der Waals surface area contributed by atoms with Crippen molar-refractivity contribution in [2.45, 2.75) is 44.6 Å². The van der Waals surface area contributed by atoms with Crippen LogP contribution >= 0.6 is 0 Å². The Labute approximate surface area is 188 Å². The average Bonchev–Trinajstić information content (AvgIpc) is 3.33. The Morgan fingerprint density at radius 3 is 2.53 bits per heavy atom. The molecule has 1 saturated carbocycles. The number of carbonyl (C=O) groups excluding carboxylic acids is 1. The third kappa shape index (κ3) is 5.32. The van der Waals surface area contributed by atoms with Crippen LogP contribution in [-0.2, 0) is 11.4 Å². The van der Waals surface area contributed by atoms with Crippen LogP contribution in [0.25, 0.3) is 11.3 Å². The van der Waals surface area contributed by atoms with Gasteiger partial charge in [0.1, 0.15) is 29.6 Å². The molecule has 1 heterocycles. The van der Waals surface area contributed by atoms with Crippen LogP contribution < -0.4 is 14.8 Å². The van der Waals surface area contributed by atoms with E-state index in [2.05, 4.69) is 17.4 Å². The quantitative estimate of drug-likeness (QED) is 0.487. The van der Waals surface area contributed by atoms with Crippen molar-refractivity contribution in [3.63, 3.8) is 0 Å². The van der Waals surface area contributed by atoms with Gasteiger partial charge in [-0.05, 0) is 66.8 Å². The lowest BCUT2D eigenvalue weighted by atomic mass is 9.84. The highest BCUT2D eigenvalue weighted by atomic mass is 16.5. The van der Waals surface area contributed by atoms with Crippen LogP contribution in [0.5, 0.6) is 11.5 Å². The van der Waals surface area contributed by atoms with Crippen LogP contribution in [0.3, 0.4) is 0 Å². The molecule has 2 aromatic carbocycles. The molecule has 0 saturated heterocycles. The van der Waals surface area contributed by atoms with Crippen molar-refractivity contribution >= 4 is 11.6 Å². The highest BCUT2D eigenvalue weighted by Gasteiger charge is 2.16. The fourth-order valence-electron chi connectivity index (χ4n) is 4.20. The maximum Gasteiger partial charge on any atom is 0.262 e. The number of amides is 1. The summed E-state index contributed by atoms with van der Waals surface area (Å²) in [5.41, 5.74) is 2.64. The Kier molecular flexibility index (Phi) is 7.12. The first-order valence-corrected chi connectivity index (χ1v) is 11.1. The van der Waals surface area contributed by atoms with E-state index in [-0.39, 0.29) is 19.1 Å². The second kappa shape index (κ2) is 10.4. The highest BCUT2D eigenvalue weighted by molar-refractivity contribution is 5.92. The SMILES string of the molecule is COc1ccc(NC(=O)COc2ccc(C3CCCCC3)cc2)cc1-c1ccc(CO)o1. The fraction of sp³-hybridized carbons (Fsp3) is 0.346. The number of aliphatic hydroxyl groups is 1. The molecule has 0 unspecified atom stereocenters. The van der Waals surface area contributed by atoms with Crippen molar-refractivity contribution in [1.82, 2.24) is 0 Å². The predicted octanol–water partition coefficient (Wildman–Crippen LogP) is 5.51. The van der Waals surface area contributed by atoms with Gasteiger partial charge in [-0.25, -0.2) is 0 Å². The molecule has 0 spiro atoms. The summed E-state index contributed by atoms with van der Waals surface area (Å²) in [5, 5.41) is 12.1. The molecule has 4 rings (SSSR count). The number of nitrogens with one attached hydrogen (secondary N) is 1. The smallest absolute Gasteiger partial charge is 0.262 e. The molecule has 1 aliphatic carbocycles. The van der Waals surface area contributed by atoms with Gasteiger partial charge < -0.3 is 24.3 Å². The minimum atomic E-state index is -0.257. The number of rotatable bonds is 8. The van der Waals surface area contributed by atoms with Crippen LogP contribution in [0, 0.1) is 0 Å². The Balaban J connectivity index is 1.36. The second-order valence-corrected chi connectivity index (χ2v) is 8.08. The van der Waals surface area contributed by atoms with Crippen LogP contribution in [-0.4, -0.2) is 24.7 Å². The molecule has 0 bridgehead atoms. The van der Waals surface area contributed by atoms with E-state index in [1.807, 2.05) is 12.1 Å². The Hall–Kier alpha value is -3.25. The predicted molar refractivity (Wildman–Crippen MR) is 123 cm³/mol. The summed E-state index contributed by atoms with van der Waals surface area (Å²) >= 11 is 0. The number of methoxy groups -OCH3 is 1. The molecule has 6 heteroatoms. The Morgan fingerprint density at radius 2 is 1.84 bits per heavy atom. The third-order valence-corrected chi connectivity index (χ3v) is 5.89. The molecule has 0 aliphatic heterocycles. The topological polar surface area (TPSA) is 80.9 Å². The van der Waals surface area contributed by atoms with Gasteiger partial charge in [0.25, 0.3) is 5.91 Å². The summed E-state index contributed by atoms with van der Waals surface area (Å²) in [7, 11) is 1.57. The van der Waals surface area contributed by atoms with E-state index < -0.39 is 0 Å². The second-order valence-electron chi connectivity index (χ2n) is 8.08. The molecule has 6 nitrogen and oxygen atoms in total. The Bertz CT molecular complexity index is 1030. The van der Waals surface area contributed by atoms with E-state index in [0.29, 0.717) is 40.2 Å². The number of anilines is 1. The summed E-state index contributed by atoms with van der Waals surface area (Å²) in [6.45, 7) is -0.267. The van der Waals surface area contributed by atoms with Crippen LogP contribution in [0.2, 0.25) is 0 Å². The van der Waals surface area contributed by atoms with Crippen LogP contribution in [0.4, 0.5) is 5.69 Å². The highest BCUT2D eigenvalue weighted by Crippen LogP contribution is 2.34. The normalized spacial score (nSPS) is 14.2. The lowest BCUT2D eigenvalue weighted by molar-refractivity contribution is -0.118. The van der Waals surface area contributed by atoms with Gasteiger partial charge in [-0.15, -0.1) is 0 Å². The molecule has 2 N–H and O–H groups in total. The van der Waals surface area contributed by atoms with Gasteiger partial charge in [0.2, 0.25) is 0 Å². The lowest BCUT2D eigenvalue weighted by Gasteiger charge is -2.22. The molecule has 1 aromatic heterocycles. The number of hydrogen-bond acceptors (Lipinski definition) is 5. The minimum Gasteiger partial charge on any atom is -0.496 e. The number of ether oxygens (including phenoxy) is 2. The van der Waals surface area contributed by atoms with Crippen molar-refractivity contribution in [1.29, 1.82) is 0 Å². The summed E-state index contributed by atoms with van der Waals surface area (Å²) in [4.78, 5) is 12.4. The monoisotopic (exact) mass is 435 g/mol. The minimum absolute atomic E-state index is 0.0838. The summed E-state index contributed by atoms with van der Waals surface area (Å²) < 4.78 is 16.7. The zero-order chi connectivity index (χ0) is 22.3. The first kappa shape index (κ1) is 22.0. The number of aliphatic hydroxyl groups excluding tert-OH is 1. The standard InChI is InChI=1S/C26H29NO5/c1-30-24-13-9-20(15-23(24)25-14-12-22(16-28)32-25)27-26(29)17-31-21-10-7-19(8-11-21)18-5-3-2-4-6-18/h7-15,18,28H,2-6,16-17H2,1H3,(H,27,29). The van der Waals surface area contributed by atoms with E-state index in [9.17, 15) is 9.90 Å². The summed E-state index contributed by atoms with van der Waals surface area (Å²) in [6.07, 6.45) is 6.46. The largest absolute Gasteiger partial charge is 0.496 e. The van der Waals surface area contributed by atoms with Crippen molar-refractivity contribution in [3.05, 3.63) is 65.9 Å². The molecule has 1 aliphatic rings. The number of furan rings is 1. The van der Waals surface area contributed by atoms with Crippen molar-refractivity contribution < 1.29 is 23.8 Å². The van der Waals surface area contributed by atoms with E-state index in [0.717, 1.165) is 0 Å². The van der Waals surface area contributed by atoms with Gasteiger partial charge in [-0.2, -0.15) is 0 Å². The fourth-order valence-corrected chi connectivity index (χ4v) is 4.20. The molecular formula is C26H29NO5. The van der Waals surface area contributed by atoms with E-state index in [1.165, 1.54) is 37.7 Å². The molecule has 32 heavy (non-hydrogen) atoms. The van der Waals surface area contributed by atoms with Crippen LogP contribution in [0.15, 0.2) is 59.0 Å². The van der Waals surface area contributed by atoms with Crippen molar-refractivity contribution in [2.24, 2.45) is 0 Å². The van der Waals surface area contributed by atoms with Crippen molar-refractivity contribution in [3.8, 4) is 22.8 Å². The third-order valence-electron chi connectivity index (χ3n) is 5.89. The van der Waals surface area contributed by atoms with Crippen molar-refractivity contribution in [2.75, 3.05) is 19.0 Å². The van der Waals surface area contributed by atoms with Crippen LogP contribution in [0.1, 0.15) is 49.3 Å². The maximum atomic E-state index is 12.4. The summed E-state index contributed by atoms with van der Waals surface area (Å²) in [5.74, 6) is 2.69. The zero-order valence-electron chi connectivity index (χ0n) is 18.3. The lowest BCUT2D eigenvalue weighted by Crippen LogP contribution is -2.20. The van der Waals surface area contributed by atoms with Gasteiger partial charge in [-0.1, -0.05) is 31.4 Å². The molecule has 3 aromatic rings. The first-order valence-electron chi connectivity index (χ1n) is 11.1. The molecular weight excluding hydrogens is 406 g/mol. The average molecular weight is 436 g/mol. The number of benzene rings is 2. The van der Waals surface area contributed by atoms with E-state index >= 15 is 0 Å². The van der Waals surface area contributed by atoms with Gasteiger partial charge in [0.05, 0.1) is 12.7 Å². The van der Waals surface area contributed by atoms with E-state index in [4.69, 9.17) is 13.9 Å². The molecule has 1 fully saturated rings. The van der Waals surface area contributed by atoms with Gasteiger partial charge in [0, 0.05) is 5.69 Å². The van der Waals surface area contributed by atoms with Gasteiger partial charge >= 0.3 is 0 Å². The molecule has 0 radical (unpaired) electrons. The first-order chi connectivity index (χ1) is 15.7. The summed E-state index contributed by atoms with van der Waals surface area (Å²) in [6, 6.07) is 16.9. The number of hydrogen-bond donors (Lipinski definition) is 2. The number of carbonyl (C=O) groups is 1.